The number of hydrogen-bond donors (Lipinski definition) is 4. The standard InChI is InChI=1S/C14H12O3.C2H4O3/c15-13(16)14(17,11-7-3-1-4-8-11)12-9-5-2-6-10-12;3-1-2(4)5/h1-10,17H,(H,15,16);3H,1H2,(H,4,5). The van der Waals surface area contributed by atoms with Gasteiger partial charge < -0.3 is 20.4 Å². The highest BCUT2D eigenvalue weighted by atomic mass is 16.4. The number of rotatable bonds is 4. The molecule has 0 aromatic heterocycles. The maximum atomic E-state index is 11.4. The van der Waals surface area contributed by atoms with E-state index >= 15 is 0 Å². The van der Waals surface area contributed by atoms with Crippen LogP contribution in [0.3, 0.4) is 0 Å². The van der Waals surface area contributed by atoms with E-state index in [4.69, 9.17) is 15.0 Å². The molecule has 6 heteroatoms. The molecule has 0 aliphatic carbocycles. The van der Waals surface area contributed by atoms with E-state index in [0.29, 0.717) is 11.1 Å². The van der Waals surface area contributed by atoms with Gasteiger partial charge in [0.1, 0.15) is 6.61 Å². The smallest absolute Gasteiger partial charge is 0.345 e. The molecule has 2 rings (SSSR count). The van der Waals surface area contributed by atoms with Crippen LogP contribution < -0.4 is 0 Å². The lowest BCUT2D eigenvalue weighted by atomic mass is 9.86. The number of carboxylic acids is 2. The lowest BCUT2D eigenvalue weighted by Gasteiger charge is -2.24. The normalized spacial score (nSPS) is 10.3. The second-order valence-electron chi connectivity index (χ2n) is 4.30. The van der Waals surface area contributed by atoms with Crippen LogP contribution in [0, 0.1) is 0 Å². The molecule has 0 heterocycles. The molecule has 22 heavy (non-hydrogen) atoms. The van der Waals surface area contributed by atoms with Gasteiger partial charge in [0, 0.05) is 0 Å². The van der Waals surface area contributed by atoms with Crippen molar-refractivity contribution in [3.8, 4) is 0 Å². The predicted molar refractivity (Wildman–Crippen MR) is 78.2 cm³/mol. The predicted octanol–water partition coefficient (Wildman–Crippen LogP) is 1.07. The number of aliphatic hydroxyl groups excluding tert-OH is 1. The van der Waals surface area contributed by atoms with Gasteiger partial charge in [0.15, 0.2) is 0 Å². The van der Waals surface area contributed by atoms with E-state index in [1.165, 1.54) is 0 Å². The van der Waals surface area contributed by atoms with Gasteiger partial charge in [0.25, 0.3) is 0 Å². The Bertz CT molecular complexity index is 570. The first kappa shape index (κ1) is 17.4. The molecule has 0 saturated heterocycles. The van der Waals surface area contributed by atoms with Gasteiger partial charge in [-0.2, -0.15) is 0 Å². The monoisotopic (exact) mass is 304 g/mol. The van der Waals surface area contributed by atoms with Gasteiger partial charge in [-0.25, -0.2) is 9.59 Å². The Labute approximate surface area is 126 Å². The second kappa shape index (κ2) is 7.92. The van der Waals surface area contributed by atoms with E-state index in [9.17, 15) is 15.0 Å². The minimum absolute atomic E-state index is 0.346. The number of benzene rings is 2. The summed E-state index contributed by atoms with van der Waals surface area (Å²) < 4.78 is 0. The molecule has 0 aliphatic heterocycles. The average molecular weight is 304 g/mol. The fraction of sp³-hybridized carbons (Fsp3) is 0.125. The quantitative estimate of drug-likeness (QED) is 0.671. The van der Waals surface area contributed by atoms with E-state index in [1.807, 2.05) is 0 Å². The Morgan fingerprint density at radius 2 is 1.14 bits per heavy atom. The van der Waals surface area contributed by atoms with Gasteiger partial charge in [-0.15, -0.1) is 0 Å². The van der Waals surface area contributed by atoms with Crippen LogP contribution in [-0.2, 0) is 15.2 Å². The molecule has 2 aromatic rings. The number of aliphatic carboxylic acids is 2. The van der Waals surface area contributed by atoms with Gasteiger partial charge in [-0.3, -0.25) is 0 Å². The largest absolute Gasteiger partial charge is 0.480 e. The van der Waals surface area contributed by atoms with Crippen LogP contribution in [0.4, 0.5) is 0 Å². The summed E-state index contributed by atoms with van der Waals surface area (Å²) in [6.07, 6.45) is 0. The highest BCUT2D eigenvalue weighted by Gasteiger charge is 2.39. The van der Waals surface area contributed by atoms with Crippen LogP contribution >= 0.6 is 0 Å². The van der Waals surface area contributed by atoms with Crippen LogP contribution in [0.2, 0.25) is 0 Å². The maximum Gasteiger partial charge on any atom is 0.345 e. The van der Waals surface area contributed by atoms with Gasteiger partial charge in [-0.1, -0.05) is 60.7 Å². The van der Waals surface area contributed by atoms with Crippen LogP contribution in [0.5, 0.6) is 0 Å². The number of hydrogen-bond acceptors (Lipinski definition) is 4. The molecule has 4 N–H and O–H groups in total. The highest BCUT2D eigenvalue weighted by Crippen LogP contribution is 2.29. The molecular weight excluding hydrogens is 288 g/mol. The Morgan fingerprint density at radius 1 is 0.818 bits per heavy atom. The molecule has 0 atom stereocenters. The Hall–Kier alpha value is -2.70. The summed E-state index contributed by atoms with van der Waals surface area (Å²) in [6, 6.07) is 16.7. The first-order valence-electron chi connectivity index (χ1n) is 6.32. The molecule has 0 radical (unpaired) electrons. The zero-order chi connectivity index (χ0) is 16.6. The lowest BCUT2D eigenvalue weighted by Crippen LogP contribution is -2.36. The van der Waals surface area contributed by atoms with Gasteiger partial charge >= 0.3 is 11.9 Å². The molecular formula is C16H16O6. The zero-order valence-corrected chi connectivity index (χ0v) is 11.6. The molecule has 0 unspecified atom stereocenters. The van der Waals surface area contributed by atoms with E-state index in [1.54, 1.807) is 60.7 Å². The summed E-state index contributed by atoms with van der Waals surface area (Å²) in [5.74, 6) is -2.47. The summed E-state index contributed by atoms with van der Waals surface area (Å²) in [6.45, 7) is -0.778. The Kier molecular flexibility index (Phi) is 6.25. The third-order valence-corrected chi connectivity index (χ3v) is 2.83. The molecule has 116 valence electrons. The van der Waals surface area contributed by atoms with E-state index in [0.717, 1.165) is 0 Å². The maximum absolute atomic E-state index is 11.4. The minimum atomic E-state index is -2.00. The van der Waals surface area contributed by atoms with Crippen LogP contribution in [0.1, 0.15) is 11.1 Å². The van der Waals surface area contributed by atoms with E-state index in [2.05, 4.69) is 0 Å². The highest BCUT2D eigenvalue weighted by molar-refractivity contribution is 5.83. The van der Waals surface area contributed by atoms with E-state index < -0.39 is 24.1 Å². The van der Waals surface area contributed by atoms with Crippen molar-refractivity contribution in [2.45, 2.75) is 5.60 Å². The summed E-state index contributed by atoms with van der Waals surface area (Å²) in [7, 11) is 0. The van der Waals surface area contributed by atoms with Crippen molar-refractivity contribution in [1.29, 1.82) is 0 Å². The fourth-order valence-corrected chi connectivity index (χ4v) is 1.77. The number of carboxylic acid groups (broad SMARTS) is 2. The molecule has 0 fully saturated rings. The van der Waals surface area contributed by atoms with Crippen molar-refractivity contribution in [3.05, 3.63) is 71.8 Å². The third kappa shape index (κ3) is 4.15. The average Bonchev–Trinajstić information content (AvgIpc) is 2.56. The van der Waals surface area contributed by atoms with Crippen molar-refractivity contribution in [2.75, 3.05) is 6.61 Å². The lowest BCUT2D eigenvalue weighted by molar-refractivity contribution is -0.155. The van der Waals surface area contributed by atoms with Crippen molar-refractivity contribution in [2.24, 2.45) is 0 Å². The third-order valence-electron chi connectivity index (χ3n) is 2.83. The molecule has 0 amide bonds. The first-order valence-corrected chi connectivity index (χ1v) is 6.32. The molecule has 2 aromatic carbocycles. The van der Waals surface area contributed by atoms with Gasteiger partial charge in [0.2, 0.25) is 5.60 Å². The minimum Gasteiger partial charge on any atom is -0.480 e. The Morgan fingerprint density at radius 3 is 1.36 bits per heavy atom. The molecule has 0 aliphatic rings. The SMILES string of the molecule is O=C(O)C(O)(c1ccccc1)c1ccccc1.O=C(O)CO. The Balaban J connectivity index is 0.000000422. The topological polar surface area (TPSA) is 115 Å². The molecule has 0 bridgehead atoms. The van der Waals surface area contributed by atoms with Crippen molar-refractivity contribution in [1.82, 2.24) is 0 Å². The summed E-state index contributed by atoms with van der Waals surface area (Å²) in [5, 5.41) is 34.7. The van der Waals surface area contributed by atoms with E-state index in [-0.39, 0.29) is 0 Å². The molecule has 6 nitrogen and oxygen atoms in total. The molecule has 0 spiro atoms. The summed E-state index contributed by atoms with van der Waals surface area (Å²) in [4.78, 5) is 20.5. The number of aliphatic hydroxyl groups is 2. The van der Waals surface area contributed by atoms with Gasteiger partial charge in [0.05, 0.1) is 0 Å². The number of carbonyl (C=O) groups is 2. The summed E-state index contributed by atoms with van der Waals surface area (Å²) in [5.41, 5.74) is -1.31. The summed E-state index contributed by atoms with van der Waals surface area (Å²) >= 11 is 0. The zero-order valence-electron chi connectivity index (χ0n) is 11.6. The van der Waals surface area contributed by atoms with Gasteiger partial charge in [-0.05, 0) is 11.1 Å². The van der Waals surface area contributed by atoms with Crippen molar-refractivity contribution < 1.29 is 30.0 Å². The molecule has 0 saturated carbocycles. The van der Waals surface area contributed by atoms with Crippen LogP contribution in [0.25, 0.3) is 0 Å². The van der Waals surface area contributed by atoms with Crippen LogP contribution in [-0.4, -0.2) is 39.0 Å². The van der Waals surface area contributed by atoms with Crippen molar-refractivity contribution in [3.63, 3.8) is 0 Å². The second-order valence-corrected chi connectivity index (χ2v) is 4.30. The van der Waals surface area contributed by atoms with Crippen molar-refractivity contribution >= 4 is 11.9 Å². The fourth-order valence-electron chi connectivity index (χ4n) is 1.77. The van der Waals surface area contributed by atoms with Crippen LogP contribution in [0.15, 0.2) is 60.7 Å². The first-order chi connectivity index (χ1) is 10.4.